The van der Waals surface area contributed by atoms with Crippen LogP contribution < -0.4 is 0 Å². The van der Waals surface area contributed by atoms with Crippen molar-refractivity contribution in [1.29, 1.82) is 0 Å². The summed E-state index contributed by atoms with van der Waals surface area (Å²) < 4.78 is 10.4. The fraction of sp³-hybridized carbons (Fsp3) is 0.812. The number of esters is 1. The van der Waals surface area contributed by atoms with Crippen molar-refractivity contribution in [3.05, 3.63) is 11.7 Å². The van der Waals surface area contributed by atoms with E-state index in [0.29, 0.717) is 24.4 Å². The summed E-state index contributed by atoms with van der Waals surface area (Å²) in [5.41, 5.74) is 0. The highest BCUT2D eigenvalue weighted by molar-refractivity contribution is 5.76. The van der Waals surface area contributed by atoms with Crippen LogP contribution in [0.4, 0.5) is 0 Å². The van der Waals surface area contributed by atoms with Crippen molar-refractivity contribution in [2.45, 2.75) is 70.5 Å². The summed E-state index contributed by atoms with van der Waals surface area (Å²) in [6.07, 6.45) is 7.58. The van der Waals surface area contributed by atoms with Crippen molar-refractivity contribution in [3.63, 3.8) is 0 Å². The summed E-state index contributed by atoms with van der Waals surface area (Å²) in [6.45, 7) is 2.65. The molecule has 0 unspecified atom stereocenters. The molecule has 2 fully saturated rings. The number of hydrogen-bond acceptors (Lipinski definition) is 6. The van der Waals surface area contributed by atoms with E-state index < -0.39 is 0 Å². The van der Waals surface area contributed by atoms with Gasteiger partial charge in [0.2, 0.25) is 5.89 Å². The Morgan fingerprint density at radius 3 is 3.00 bits per heavy atom. The molecule has 0 spiro atoms. The van der Waals surface area contributed by atoms with Gasteiger partial charge in [0.25, 0.3) is 0 Å². The molecule has 0 N–H and O–H groups in total. The second kappa shape index (κ2) is 6.77. The van der Waals surface area contributed by atoms with E-state index in [1.165, 1.54) is 26.4 Å². The van der Waals surface area contributed by atoms with Gasteiger partial charge in [0.1, 0.15) is 6.04 Å². The molecule has 1 aliphatic heterocycles. The molecule has 22 heavy (non-hydrogen) atoms. The maximum atomic E-state index is 12.1. The monoisotopic (exact) mass is 307 g/mol. The van der Waals surface area contributed by atoms with Crippen molar-refractivity contribution >= 4 is 5.97 Å². The van der Waals surface area contributed by atoms with E-state index in [-0.39, 0.29) is 12.0 Å². The lowest BCUT2D eigenvalue weighted by Gasteiger charge is -2.32. The summed E-state index contributed by atoms with van der Waals surface area (Å²) in [5, 5.41) is 4.01. The quantitative estimate of drug-likeness (QED) is 0.778. The average Bonchev–Trinajstić information content (AvgIpc) is 3.13. The van der Waals surface area contributed by atoms with Gasteiger partial charge in [0, 0.05) is 12.5 Å². The summed E-state index contributed by atoms with van der Waals surface area (Å²) in [4.78, 5) is 18.8. The highest BCUT2D eigenvalue weighted by Gasteiger charge is 2.46. The number of aromatic nitrogens is 2. The van der Waals surface area contributed by atoms with E-state index in [0.717, 1.165) is 31.5 Å². The third kappa shape index (κ3) is 3.02. The molecule has 3 atom stereocenters. The zero-order chi connectivity index (χ0) is 15.5. The maximum absolute atomic E-state index is 12.1. The lowest BCUT2D eigenvalue weighted by Crippen LogP contribution is -2.42. The molecule has 1 saturated carbocycles. The number of aryl methyl sites for hydroxylation is 1. The van der Waals surface area contributed by atoms with Gasteiger partial charge in [-0.3, -0.25) is 9.69 Å². The van der Waals surface area contributed by atoms with Gasteiger partial charge in [-0.05, 0) is 31.6 Å². The van der Waals surface area contributed by atoms with Gasteiger partial charge >= 0.3 is 5.97 Å². The highest BCUT2D eigenvalue weighted by Crippen LogP contribution is 2.40. The van der Waals surface area contributed by atoms with E-state index in [4.69, 9.17) is 9.26 Å². The topological polar surface area (TPSA) is 68.5 Å². The molecule has 1 aliphatic carbocycles. The first-order valence-electron chi connectivity index (χ1n) is 8.38. The smallest absolute Gasteiger partial charge is 0.323 e. The molecule has 6 heteroatoms. The number of hydrogen-bond donors (Lipinski definition) is 0. The fourth-order valence-corrected chi connectivity index (χ4v) is 3.98. The zero-order valence-corrected chi connectivity index (χ0v) is 13.5. The van der Waals surface area contributed by atoms with Crippen LogP contribution in [0.2, 0.25) is 0 Å². The lowest BCUT2D eigenvalue weighted by atomic mass is 9.85. The number of methoxy groups -OCH3 is 1. The normalized spacial score (nSPS) is 28.5. The molecular weight excluding hydrogens is 282 g/mol. The minimum Gasteiger partial charge on any atom is -0.468 e. The molecule has 0 bridgehead atoms. The molecule has 122 valence electrons. The molecule has 1 aromatic heterocycles. The lowest BCUT2D eigenvalue weighted by molar-refractivity contribution is -0.146. The molecule has 2 aliphatic rings. The van der Waals surface area contributed by atoms with Crippen LogP contribution in [0.15, 0.2) is 4.52 Å². The van der Waals surface area contributed by atoms with Gasteiger partial charge in [-0.25, -0.2) is 0 Å². The zero-order valence-electron chi connectivity index (χ0n) is 13.5. The first kappa shape index (κ1) is 15.5. The molecule has 0 aromatic carbocycles. The van der Waals surface area contributed by atoms with Crippen molar-refractivity contribution in [3.8, 4) is 0 Å². The molecule has 1 saturated heterocycles. The van der Waals surface area contributed by atoms with E-state index in [1.807, 2.05) is 0 Å². The Morgan fingerprint density at radius 2 is 2.23 bits per heavy atom. The van der Waals surface area contributed by atoms with E-state index in [2.05, 4.69) is 22.0 Å². The fourth-order valence-electron chi connectivity index (χ4n) is 3.98. The first-order valence-corrected chi connectivity index (χ1v) is 8.38. The van der Waals surface area contributed by atoms with Crippen molar-refractivity contribution < 1.29 is 14.1 Å². The third-order valence-electron chi connectivity index (χ3n) is 5.00. The first-order chi connectivity index (χ1) is 10.7. The second-order valence-electron chi connectivity index (χ2n) is 6.41. The number of rotatable bonds is 5. The average molecular weight is 307 g/mol. The maximum Gasteiger partial charge on any atom is 0.323 e. The Hall–Kier alpha value is -1.43. The molecule has 1 aromatic rings. The third-order valence-corrected chi connectivity index (χ3v) is 5.00. The van der Waals surface area contributed by atoms with Crippen LogP contribution in [0.5, 0.6) is 0 Å². The number of ether oxygens (including phenoxy) is 1. The molecule has 2 heterocycles. The van der Waals surface area contributed by atoms with Gasteiger partial charge in [0.05, 0.1) is 13.7 Å². The van der Waals surface area contributed by atoms with Gasteiger partial charge in [-0.1, -0.05) is 24.9 Å². The summed E-state index contributed by atoms with van der Waals surface area (Å²) in [6, 6.07) is 0.277. The van der Waals surface area contributed by atoms with Crippen LogP contribution in [0, 0.1) is 5.92 Å². The van der Waals surface area contributed by atoms with Crippen LogP contribution >= 0.6 is 0 Å². The summed E-state index contributed by atoms with van der Waals surface area (Å²) in [7, 11) is 1.47. The standard InChI is InChI=1S/C16H25N3O3/c1-3-6-14-17-15(22-18-14)10-19-12-8-5-4-7-11(12)9-13(19)16(20)21-2/h11-13H,3-10H2,1-2H3/t11-,12+,13-/m0/s1. The van der Waals surface area contributed by atoms with E-state index >= 15 is 0 Å². The van der Waals surface area contributed by atoms with Gasteiger partial charge in [-0.2, -0.15) is 4.98 Å². The number of carbonyl (C=O) groups is 1. The van der Waals surface area contributed by atoms with Crippen LogP contribution in [0.3, 0.4) is 0 Å². The van der Waals surface area contributed by atoms with E-state index in [1.54, 1.807) is 0 Å². The largest absolute Gasteiger partial charge is 0.468 e. The van der Waals surface area contributed by atoms with Crippen molar-refractivity contribution in [2.75, 3.05) is 7.11 Å². The minimum atomic E-state index is -0.167. The van der Waals surface area contributed by atoms with Crippen molar-refractivity contribution in [2.24, 2.45) is 5.92 Å². The Bertz CT molecular complexity index is 516. The van der Waals surface area contributed by atoms with Crippen LogP contribution in [-0.4, -0.2) is 40.2 Å². The minimum absolute atomic E-state index is 0.136. The Kier molecular flexibility index (Phi) is 4.76. The van der Waals surface area contributed by atoms with Gasteiger partial charge in [0.15, 0.2) is 5.82 Å². The number of carbonyl (C=O) groups excluding carboxylic acids is 1. The number of nitrogens with zero attached hydrogens (tertiary/aromatic N) is 3. The Labute approximate surface area is 131 Å². The van der Waals surface area contributed by atoms with Crippen LogP contribution in [0.25, 0.3) is 0 Å². The summed E-state index contributed by atoms with van der Waals surface area (Å²) >= 11 is 0. The molecule has 3 rings (SSSR count). The van der Waals surface area contributed by atoms with Crippen LogP contribution in [0.1, 0.15) is 57.2 Å². The summed E-state index contributed by atoms with van der Waals surface area (Å²) in [5.74, 6) is 1.83. The highest BCUT2D eigenvalue weighted by atomic mass is 16.5. The SMILES string of the molecule is CCCc1noc(CN2[C@@H]3CCCC[C@H]3C[C@H]2C(=O)OC)n1. The number of likely N-dealkylation sites (tertiary alicyclic amines) is 1. The van der Waals surface area contributed by atoms with Crippen LogP contribution in [-0.2, 0) is 22.5 Å². The van der Waals surface area contributed by atoms with E-state index in [9.17, 15) is 4.79 Å². The molecule has 0 amide bonds. The predicted molar refractivity (Wildman–Crippen MR) is 80.0 cm³/mol. The second-order valence-corrected chi connectivity index (χ2v) is 6.41. The predicted octanol–water partition coefficient (Wildman–Crippen LogP) is 2.33. The van der Waals surface area contributed by atoms with Gasteiger partial charge < -0.3 is 9.26 Å². The molecule has 6 nitrogen and oxygen atoms in total. The van der Waals surface area contributed by atoms with Gasteiger partial charge in [-0.15, -0.1) is 0 Å². The number of fused-ring (bicyclic) bond motifs is 1. The van der Waals surface area contributed by atoms with Crippen molar-refractivity contribution in [1.82, 2.24) is 15.0 Å². The molecule has 0 radical (unpaired) electrons. The Morgan fingerprint density at radius 1 is 1.41 bits per heavy atom. The Balaban J connectivity index is 1.75. The molecular formula is C16H25N3O3.